The lowest BCUT2D eigenvalue weighted by atomic mass is 9.96. The molecular weight excluding hydrogens is 358 g/mol. The highest BCUT2D eigenvalue weighted by atomic mass is 16.1. The summed E-state index contributed by atoms with van der Waals surface area (Å²) < 4.78 is 0. The summed E-state index contributed by atoms with van der Waals surface area (Å²) in [5.41, 5.74) is 4.01. The number of carbonyl (C=O) groups is 1. The average molecular weight is 388 g/mol. The molecule has 4 nitrogen and oxygen atoms in total. The van der Waals surface area contributed by atoms with Gasteiger partial charge in [0.25, 0.3) is 5.91 Å². The van der Waals surface area contributed by atoms with E-state index in [1.807, 2.05) is 19.1 Å². The van der Waals surface area contributed by atoms with E-state index in [9.17, 15) is 4.79 Å². The smallest absolute Gasteiger partial charge is 0.252 e. The molecule has 1 atom stereocenters. The van der Waals surface area contributed by atoms with Crippen molar-refractivity contribution in [3.05, 3.63) is 77.4 Å². The molecule has 1 aliphatic rings. The van der Waals surface area contributed by atoms with Crippen molar-refractivity contribution in [3.63, 3.8) is 0 Å². The third-order valence-electron chi connectivity index (χ3n) is 6.09. The zero-order valence-corrected chi connectivity index (χ0v) is 17.4. The molecule has 0 spiro atoms. The van der Waals surface area contributed by atoms with Gasteiger partial charge in [0.05, 0.1) is 12.1 Å². The van der Waals surface area contributed by atoms with Crippen LogP contribution in [0.1, 0.15) is 40.9 Å². The Morgan fingerprint density at radius 2 is 1.90 bits per heavy atom. The van der Waals surface area contributed by atoms with Gasteiger partial charge in [-0.05, 0) is 47.4 Å². The molecule has 2 N–H and O–H groups in total. The fourth-order valence-electron chi connectivity index (χ4n) is 4.02. The first-order valence-electron chi connectivity index (χ1n) is 10.4. The second kappa shape index (κ2) is 8.26. The quantitative estimate of drug-likeness (QED) is 0.657. The van der Waals surface area contributed by atoms with Crippen molar-refractivity contribution in [2.45, 2.75) is 32.4 Å². The van der Waals surface area contributed by atoms with Gasteiger partial charge < -0.3 is 15.5 Å². The SMILES string of the molecule is CCC(NC(=O)c1cc(N(C)C2CNC2)ccc1C)c1cccc2ccccc12. The van der Waals surface area contributed by atoms with E-state index in [0.29, 0.717) is 6.04 Å². The lowest BCUT2D eigenvalue weighted by Gasteiger charge is -2.37. The van der Waals surface area contributed by atoms with E-state index in [-0.39, 0.29) is 11.9 Å². The van der Waals surface area contributed by atoms with Crippen LogP contribution in [0.15, 0.2) is 60.7 Å². The minimum Gasteiger partial charge on any atom is -0.369 e. The minimum atomic E-state index is -0.0229. The summed E-state index contributed by atoms with van der Waals surface area (Å²) in [6, 6.07) is 21.3. The minimum absolute atomic E-state index is 0.00994. The zero-order valence-electron chi connectivity index (χ0n) is 17.4. The molecular formula is C25H29N3O. The number of aryl methyl sites for hydroxylation is 1. The summed E-state index contributed by atoms with van der Waals surface area (Å²) in [5.74, 6) is -0.00994. The highest BCUT2D eigenvalue weighted by Gasteiger charge is 2.23. The summed E-state index contributed by atoms with van der Waals surface area (Å²) in [6.45, 7) is 6.10. The molecule has 3 aromatic rings. The maximum atomic E-state index is 13.2. The molecule has 3 aromatic carbocycles. The van der Waals surface area contributed by atoms with Gasteiger partial charge in [-0.2, -0.15) is 0 Å². The van der Waals surface area contributed by atoms with Gasteiger partial charge in [0, 0.05) is 31.4 Å². The monoisotopic (exact) mass is 387 g/mol. The predicted octanol–water partition coefficient (Wildman–Crippen LogP) is 4.44. The van der Waals surface area contributed by atoms with E-state index in [2.05, 4.69) is 78.0 Å². The Bertz CT molecular complexity index is 1020. The largest absolute Gasteiger partial charge is 0.369 e. The molecule has 0 aromatic heterocycles. The normalized spacial score (nSPS) is 15.0. The van der Waals surface area contributed by atoms with Crippen LogP contribution in [0.4, 0.5) is 5.69 Å². The van der Waals surface area contributed by atoms with Crippen LogP contribution in [0.5, 0.6) is 0 Å². The standard InChI is InChI=1S/C25H29N3O/c1-4-24(22-11-7-9-18-8-5-6-10-21(18)22)27-25(29)23-14-19(13-12-17(23)2)28(3)20-15-26-16-20/h5-14,20,24,26H,4,15-16H2,1-3H3,(H,27,29). The van der Waals surface area contributed by atoms with Crippen LogP contribution in [-0.4, -0.2) is 32.1 Å². The van der Waals surface area contributed by atoms with Crippen molar-refractivity contribution in [2.75, 3.05) is 25.0 Å². The molecule has 1 saturated heterocycles. The number of rotatable bonds is 6. The highest BCUT2D eigenvalue weighted by molar-refractivity contribution is 5.97. The van der Waals surface area contributed by atoms with Gasteiger partial charge >= 0.3 is 0 Å². The van der Waals surface area contributed by atoms with Gasteiger partial charge in [0.2, 0.25) is 0 Å². The number of benzene rings is 3. The zero-order chi connectivity index (χ0) is 20.4. The maximum absolute atomic E-state index is 13.2. The molecule has 0 radical (unpaired) electrons. The van der Waals surface area contributed by atoms with Crippen LogP contribution in [-0.2, 0) is 0 Å². The molecule has 4 heteroatoms. The molecule has 1 heterocycles. The Hall–Kier alpha value is -2.85. The van der Waals surface area contributed by atoms with Gasteiger partial charge in [-0.3, -0.25) is 4.79 Å². The lowest BCUT2D eigenvalue weighted by molar-refractivity contribution is 0.0935. The van der Waals surface area contributed by atoms with Gasteiger partial charge in [-0.1, -0.05) is 55.5 Å². The van der Waals surface area contributed by atoms with Crippen molar-refractivity contribution >= 4 is 22.4 Å². The van der Waals surface area contributed by atoms with E-state index in [1.54, 1.807) is 0 Å². The van der Waals surface area contributed by atoms with Crippen molar-refractivity contribution in [2.24, 2.45) is 0 Å². The molecule has 1 amide bonds. The summed E-state index contributed by atoms with van der Waals surface area (Å²) >= 11 is 0. The second-order valence-corrected chi connectivity index (χ2v) is 7.92. The number of fused-ring (bicyclic) bond motifs is 1. The van der Waals surface area contributed by atoms with Crippen LogP contribution >= 0.6 is 0 Å². The third kappa shape index (κ3) is 3.85. The predicted molar refractivity (Wildman–Crippen MR) is 121 cm³/mol. The Morgan fingerprint density at radius 3 is 2.62 bits per heavy atom. The number of hydrogen-bond donors (Lipinski definition) is 2. The first-order chi connectivity index (χ1) is 14.1. The van der Waals surface area contributed by atoms with Crippen molar-refractivity contribution in [3.8, 4) is 0 Å². The average Bonchev–Trinajstić information content (AvgIpc) is 2.70. The van der Waals surface area contributed by atoms with Crippen molar-refractivity contribution in [1.29, 1.82) is 0 Å². The van der Waals surface area contributed by atoms with Crippen LogP contribution in [0.3, 0.4) is 0 Å². The van der Waals surface area contributed by atoms with Crippen LogP contribution in [0.2, 0.25) is 0 Å². The van der Waals surface area contributed by atoms with E-state index in [4.69, 9.17) is 0 Å². The van der Waals surface area contributed by atoms with E-state index < -0.39 is 0 Å². The molecule has 1 aliphatic heterocycles. The van der Waals surface area contributed by atoms with Crippen LogP contribution in [0.25, 0.3) is 10.8 Å². The van der Waals surface area contributed by atoms with Crippen molar-refractivity contribution < 1.29 is 4.79 Å². The number of hydrogen-bond acceptors (Lipinski definition) is 3. The molecule has 0 aliphatic carbocycles. The van der Waals surface area contributed by atoms with E-state index >= 15 is 0 Å². The number of amides is 1. The highest BCUT2D eigenvalue weighted by Crippen LogP contribution is 2.27. The Kier molecular flexibility index (Phi) is 5.54. The molecule has 1 unspecified atom stereocenters. The Labute approximate surface area is 172 Å². The molecule has 1 fully saturated rings. The second-order valence-electron chi connectivity index (χ2n) is 7.92. The fraction of sp³-hybridized carbons (Fsp3) is 0.320. The molecule has 4 rings (SSSR count). The first-order valence-corrected chi connectivity index (χ1v) is 10.4. The lowest BCUT2D eigenvalue weighted by Crippen LogP contribution is -2.56. The van der Waals surface area contributed by atoms with Gasteiger partial charge in [-0.25, -0.2) is 0 Å². The molecule has 0 saturated carbocycles. The van der Waals surface area contributed by atoms with Crippen LogP contribution in [0, 0.1) is 6.92 Å². The van der Waals surface area contributed by atoms with Gasteiger partial charge in [-0.15, -0.1) is 0 Å². The van der Waals surface area contributed by atoms with E-state index in [0.717, 1.165) is 36.3 Å². The molecule has 150 valence electrons. The number of carbonyl (C=O) groups excluding carboxylic acids is 1. The maximum Gasteiger partial charge on any atom is 0.252 e. The fourth-order valence-corrected chi connectivity index (χ4v) is 4.02. The summed E-state index contributed by atoms with van der Waals surface area (Å²) in [4.78, 5) is 15.5. The summed E-state index contributed by atoms with van der Waals surface area (Å²) in [7, 11) is 2.10. The van der Waals surface area contributed by atoms with Crippen LogP contribution < -0.4 is 15.5 Å². The molecule has 0 bridgehead atoms. The first kappa shape index (κ1) is 19.5. The number of anilines is 1. The summed E-state index contributed by atoms with van der Waals surface area (Å²) in [6.07, 6.45) is 0.839. The number of likely N-dealkylation sites (N-methyl/N-ethyl adjacent to an activating group) is 1. The van der Waals surface area contributed by atoms with E-state index in [1.165, 1.54) is 16.3 Å². The van der Waals surface area contributed by atoms with Crippen molar-refractivity contribution in [1.82, 2.24) is 10.6 Å². The third-order valence-corrected chi connectivity index (χ3v) is 6.09. The van der Waals surface area contributed by atoms with Gasteiger partial charge in [0.1, 0.15) is 0 Å². The van der Waals surface area contributed by atoms with Gasteiger partial charge in [0.15, 0.2) is 0 Å². The molecule has 29 heavy (non-hydrogen) atoms. The Balaban J connectivity index is 1.60. The summed E-state index contributed by atoms with van der Waals surface area (Å²) in [5, 5.41) is 8.99. The Morgan fingerprint density at radius 1 is 1.14 bits per heavy atom. The topological polar surface area (TPSA) is 44.4 Å². The number of nitrogens with one attached hydrogen (secondary N) is 2. The number of nitrogens with zero attached hydrogens (tertiary/aromatic N) is 1.